The second-order valence-electron chi connectivity index (χ2n) is 5.33. The Morgan fingerprint density at radius 2 is 2.04 bits per heavy atom. The minimum absolute atomic E-state index is 0.0788. The SMILES string of the molecule is CN=C(NCCC(=O)Nc1cccc(C)n1)NCc1ccc(C)s1. The first-order valence-corrected chi connectivity index (χ1v) is 8.62. The summed E-state index contributed by atoms with van der Waals surface area (Å²) in [5.41, 5.74) is 0.874. The number of aliphatic imine (C=N–C) groups is 1. The number of anilines is 1. The Hall–Kier alpha value is -2.41. The fourth-order valence-corrected chi connectivity index (χ4v) is 2.91. The highest BCUT2D eigenvalue weighted by atomic mass is 32.1. The smallest absolute Gasteiger partial charge is 0.227 e. The van der Waals surface area contributed by atoms with Gasteiger partial charge in [0.1, 0.15) is 5.82 Å². The zero-order chi connectivity index (χ0) is 17.4. The Labute approximate surface area is 146 Å². The first-order valence-electron chi connectivity index (χ1n) is 7.80. The highest BCUT2D eigenvalue weighted by Gasteiger charge is 2.05. The first kappa shape index (κ1) is 17.9. The number of carbonyl (C=O) groups excluding carboxylic acids is 1. The number of nitrogens with zero attached hydrogens (tertiary/aromatic N) is 2. The number of carbonyl (C=O) groups is 1. The lowest BCUT2D eigenvalue weighted by Crippen LogP contribution is -2.38. The van der Waals surface area contributed by atoms with E-state index in [2.05, 4.69) is 45.0 Å². The van der Waals surface area contributed by atoms with Crippen LogP contribution in [0.1, 0.15) is 21.9 Å². The Kier molecular flexibility index (Phi) is 6.74. The molecule has 0 atom stereocenters. The summed E-state index contributed by atoms with van der Waals surface area (Å²) in [7, 11) is 1.71. The van der Waals surface area contributed by atoms with Crippen LogP contribution >= 0.6 is 11.3 Å². The van der Waals surface area contributed by atoms with E-state index in [1.165, 1.54) is 9.75 Å². The molecule has 7 heteroatoms. The highest BCUT2D eigenvalue weighted by molar-refractivity contribution is 7.11. The molecule has 0 saturated carbocycles. The van der Waals surface area contributed by atoms with E-state index in [0.717, 1.165) is 12.2 Å². The number of aryl methyl sites for hydroxylation is 2. The van der Waals surface area contributed by atoms with Crippen LogP contribution in [0.25, 0.3) is 0 Å². The normalized spacial score (nSPS) is 11.2. The minimum Gasteiger partial charge on any atom is -0.356 e. The van der Waals surface area contributed by atoms with Gasteiger partial charge < -0.3 is 16.0 Å². The zero-order valence-corrected chi connectivity index (χ0v) is 15.0. The van der Waals surface area contributed by atoms with Crippen LogP contribution in [0.5, 0.6) is 0 Å². The summed E-state index contributed by atoms with van der Waals surface area (Å²) >= 11 is 1.75. The van der Waals surface area contributed by atoms with Gasteiger partial charge in [-0.25, -0.2) is 4.98 Å². The van der Waals surface area contributed by atoms with E-state index in [-0.39, 0.29) is 5.91 Å². The molecular weight excluding hydrogens is 322 g/mol. The summed E-state index contributed by atoms with van der Waals surface area (Å²) in [5, 5.41) is 9.16. The fraction of sp³-hybridized carbons (Fsp3) is 0.353. The largest absolute Gasteiger partial charge is 0.356 e. The Balaban J connectivity index is 1.70. The molecule has 0 aliphatic rings. The van der Waals surface area contributed by atoms with Crippen molar-refractivity contribution in [3.05, 3.63) is 45.8 Å². The van der Waals surface area contributed by atoms with Crippen molar-refractivity contribution in [2.45, 2.75) is 26.8 Å². The third-order valence-corrected chi connectivity index (χ3v) is 4.25. The lowest BCUT2D eigenvalue weighted by Gasteiger charge is -2.11. The van der Waals surface area contributed by atoms with E-state index in [1.807, 2.05) is 19.1 Å². The average Bonchev–Trinajstić information content (AvgIpc) is 2.96. The molecule has 0 fully saturated rings. The lowest BCUT2D eigenvalue weighted by molar-refractivity contribution is -0.116. The van der Waals surface area contributed by atoms with Gasteiger partial charge >= 0.3 is 0 Å². The standard InChI is InChI=1S/C17H23N5OS/c1-12-5-4-6-15(21-12)22-16(23)9-10-19-17(18-3)20-11-14-8-7-13(2)24-14/h4-8H,9-11H2,1-3H3,(H2,18,19,20)(H,21,22,23). The number of hydrogen-bond donors (Lipinski definition) is 3. The minimum atomic E-state index is -0.0788. The molecule has 2 aromatic heterocycles. The van der Waals surface area contributed by atoms with Gasteiger partial charge in [-0.15, -0.1) is 11.3 Å². The molecule has 0 aliphatic carbocycles. The first-order chi connectivity index (χ1) is 11.6. The van der Waals surface area contributed by atoms with Crippen LogP contribution in [0.4, 0.5) is 5.82 Å². The van der Waals surface area contributed by atoms with Gasteiger partial charge in [-0.2, -0.15) is 0 Å². The second kappa shape index (κ2) is 9.02. The third-order valence-electron chi connectivity index (χ3n) is 3.25. The van der Waals surface area contributed by atoms with Gasteiger partial charge in [0.05, 0.1) is 6.54 Å². The van der Waals surface area contributed by atoms with Crippen molar-refractivity contribution in [1.29, 1.82) is 0 Å². The van der Waals surface area contributed by atoms with E-state index < -0.39 is 0 Å². The van der Waals surface area contributed by atoms with Crippen LogP contribution in [0, 0.1) is 13.8 Å². The monoisotopic (exact) mass is 345 g/mol. The summed E-state index contributed by atoms with van der Waals surface area (Å²) in [6.07, 6.45) is 0.342. The van der Waals surface area contributed by atoms with Gasteiger partial charge in [-0.1, -0.05) is 6.07 Å². The van der Waals surface area contributed by atoms with Crippen molar-refractivity contribution in [2.24, 2.45) is 4.99 Å². The molecular formula is C17H23N5OS. The van der Waals surface area contributed by atoms with Gasteiger partial charge in [0.2, 0.25) is 5.91 Å². The molecule has 0 aromatic carbocycles. The number of nitrogens with one attached hydrogen (secondary N) is 3. The van der Waals surface area contributed by atoms with E-state index in [4.69, 9.17) is 0 Å². The maximum absolute atomic E-state index is 11.9. The quantitative estimate of drug-likeness (QED) is 0.555. The Bertz CT molecular complexity index is 711. The number of hydrogen-bond acceptors (Lipinski definition) is 4. The maximum atomic E-state index is 11.9. The summed E-state index contributed by atoms with van der Waals surface area (Å²) in [6.45, 7) is 5.20. The molecule has 0 bridgehead atoms. The fourth-order valence-electron chi connectivity index (χ4n) is 2.08. The molecule has 0 saturated heterocycles. The van der Waals surface area contributed by atoms with Gasteiger partial charge in [0.15, 0.2) is 5.96 Å². The van der Waals surface area contributed by atoms with Crippen molar-refractivity contribution in [2.75, 3.05) is 18.9 Å². The third kappa shape index (κ3) is 6.00. The number of rotatable bonds is 6. The predicted octanol–water partition coefficient (Wildman–Crippen LogP) is 2.45. The van der Waals surface area contributed by atoms with Crippen molar-refractivity contribution in [3.8, 4) is 0 Å². The van der Waals surface area contributed by atoms with Crippen LogP contribution in [0.2, 0.25) is 0 Å². The molecule has 3 N–H and O–H groups in total. The second-order valence-corrected chi connectivity index (χ2v) is 6.70. The van der Waals surface area contributed by atoms with Gasteiger partial charge in [0, 0.05) is 35.5 Å². The number of pyridine rings is 1. The summed E-state index contributed by atoms with van der Waals surface area (Å²) in [6, 6.07) is 9.74. The topological polar surface area (TPSA) is 78.4 Å². The van der Waals surface area contributed by atoms with Crippen molar-refractivity contribution < 1.29 is 4.79 Å². The predicted molar refractivity (Wildman–Crippen MR) is 99.5 cm³/mol. The van der Waals surface area contributed by atoms with E-state index >= 15 is 0 Å². The van der Waals surface area contributed by atoms with Crippen LogP contribution in [0.15, 0.2) is 35.3 Å². The summed E-state index contributed by atoms with van der Waals surface area (Å²) in [4.78, 5) is 22.9. The summed E-state index contributed by atoms with van der Waals surface area (Å²) in [5.74, 6) is 1.18. The summed E-state index contributed by atoms with van der Waals surface area (Å²) < 4.78 is 0. The molecule has 2 rings (SSSR count). The number of guanidine groups is 1. The molecule has 2 heterocycles. The van der Waals surface area contributed by atoms with Gasteiger partial charge in [-0.3, -0.25) is 9.79 Å². The number of aromatic nitrogens is 1. The molecule has 2 aromatic rings. The van der Waals surface area contributed by atoms with Crippen LogP contribution in [-0.4, -0.2) is 30.4 Å². The van der Waals surface area contributed by atoms with E-state index in [1.54, 1.807) is 24.5 Å². The Morgan fingerprint density at radius 1 is 1.21 bits per heavy atom. The zero-order valence-electron chi connectivity index (χ0n) is 14.2. The number of amides is 1. The van der Waals surface area contributed by atoms with Crippen molar-refractivity contribution >= 4 is 29.0 Å². The molecule has 6 nitrogen and oxygen atoms in total. The van der Waals surface area contributed by atoms with Gasteiger partial charge in [-0.05, 0) is 38.1 Å². The molecule has 0 unspecified atom stereocenters. The van der Waals surface area contributed by atoms with Crippen LogP contribution < -0.4 is 16.0 Å². The van der Waals surface area contributed by atoms with E-state index in [0.29, 0.717) is 24.7 Å². The van der Waals surface area contributed by atoms with E-state index in [9.17, 15) is 4.79 Å². The molecule has 1 amide bonds. The lowest BCUT2D eigenvalue weighted by atomic mass is 10.3. The molecule has 0 spiro atoms. The van der Waals surface area contributed by atoms with Gasteiger partial charge in [0.25, 0.3) is 0 Å². The molecule has 24 heavy (non-hydrogen) atoms. The molecule has 0 aliphatic heterocycles. The molecule has 0 radical (unpaired) electrons. The highest BCUT2D eigenvalue weighted by Crippen LogP contribution is 2.14. The maximum Gasteiger partial charge on any atom is 0.227 e. The molecule has 128 valence electrons. The number of thiophene rings is 1. The van der Waals surface area contributed by atoms with Crippen LogP contribution in [-0.2, 0) is 11.3 Å². The Morgan fingerprint density at radius 3 is 2.71 bits per heavy atom. The average molecular weight is 345 g/mol. The van der Waals surface area contributed by atoms with Crippen molar-refractivity contribution in [3.63, 3.8) is 0 Å². The van der Waals surface area contributed by atoms with Crippen molar-refractivity contribution in [1.82, 2.24) is 15.6 Å². The van der Waals surface area contributed by atoms with Crippen LogP contribution in [0.3, 0.4) is 0 Å².